The monoisotopic (exact) mass is 288 g/mol. The molecular weight excluding hydrogens is 271 g/mol. The maximum atomic E-state index is 12.8. The van der Waals surface area contributed by atoms with Gasteiger partial charge in [-0.15, -0.1) is 0 Å². The van der Waals surface area contributed by atoms with Crippen LogP contribution in [0, 0.1) is 11.7 Å². The maximum absolute atomic E-state index is 12.8. The van der Waals surface area contributed by atoms with Crippen molar-refractivity contribution in [1.82, 2.24) is 0 Å². The van der Waals surface area contributed by atoms with Crippen LogP contribution in [0.25, 0.3) is 0 Å². The lowest BCUT2D eigenvalue weighted by Crippen LogP contribution is -2.37. The molecule has 0 fully saturated rings. The molecule has 0 radical (unpaired) electrons. The van der Waals surface area contributed by atoms with Gasteiger partial charge in [-0.2, -0.15) is 0 Å². The number of carbonyl (C=O) groups is 1. The Morgan fingerprint density at radius 3 is 2.05 bits per heavy atom. The summed E-state index contributed by atoms with van der Waals surface area (Å²) in [6, 6.07) is 4.23. The van der Waals surface area contributed by atoms with Crippen molar-refractivity contribution >= 4 is 15.8 Å². The van der Waals surface area contributed by atoms with E-state index in [1.807, 2.05) is 0 Å². The number of rotatable bonds is 6. The molecule has 1 aromatic carbocycles. The molecule has 0 aliphatic rings. The highest BCUT2D eigenvalue weighted by molar-refractivity contribution is 7.92. The smallest absolute Gasteiger partial charge is 0.322 e. The van der Waals surface area contributed by atoms with Crippen molar-refractivity contribution in [2.45, 2.75) is 36.8 Å². The van der Waals surface area contributed by atoms with Crippen LogP contribution in [0.5, 0.6) is 0 Å². The number of aliphatic carboxylic acids is 1. The molecule has 1 atom stereocenters. The fourth-order valence-corrected chi connectivity index (χ4v) is 4.04. The van der Waals surface area contributed by atoms with E-state index in [1.165, 1.54) is 0 Å². The minimum Gasteiger partial charge on any atom is -0.480 e. The molecule has 4 nitrogen and oxygen atoms in total. The quantitative estimate of drug-likeness (QED) is 0.816. The molecule has 0 aliphatic carbocycles. The molecule has 0 heterocycles. The Labute approximate surface area is 112 Å². The van der Waals surface area contributed by atoms with Gasteiger partial charge in [0.2, 0.25) is 0 Å². The Kier molecular flexibility index (Phi) is 5.05. The Morgan fingerprint density at radius 2 is 1.68 bits per heavy atom. The van der Waals surface area contributed by atoms with Gasteiger partial charge >= 0.3 is 5.97 Å². The third-order valence-electron chi connectivity index (χ3n) is 3.20. The lowest BCUT2D eigenvalue weighted by Gasteiger charge is -2.21. The highest BCUT2D eigenvalue weighted by Gasteiger charge is 2.39. The number of benzene rings is 1. The van der Waals surface area contributed by atoms with Crippen molar-refractivity contribution in [3.05, 3.63) is 30.1 Å². The number of halogens is 1. The number of sulfone groups is 1. The maximum Gasteiger partial charge on any atom is 0.322 e. The molecule has 1 aromatic rings. The second kappa shape index (κ2) is 6.14. The van der Waals surface area contributed by atoms with E-state index >= 15 is 0 Å². The van der Waals surface area contributed by atoms with Crippen LogP contribution in [-0.4, -0.2) is 24.7 Å². The summed E-state index contributed by atoms with van der Waals surface area (Å²) in [6.45, 7) is 3.51. The van der Waals surface area contributed by atoms with Gasteiger partial charge in [0.05, 0.1) is 4.90 Å². The number of carboxylic acid groups (broad SMARTS) is 1. The largest absolute Gasteiger partial charge is 0.480 e. The predicted molar refractivity (Wildman–Crippen MR) is 69.1 cm³/mol. The molecule has 1 unspecified atom stereocenters. The number of hydrogen-bond donors (Lipinski definition) is 1. The highest BCUT2D eigenvalue weighted by Crippen LogP contribution is 2.26. The summed E-state index contributed by atoms with van der Waals surface area (Å²) < 4.78 is 37.5. The zero-order chi connectivity index (χ0) is 14.6. The van der Waals surface area contributed by atoms with Crippen LogP contribution in [-0.2, 0) is 14.6 Å². The molecular formula is C13H17FO4S. The molecule has 1 rings (SSSR count). The number of carboxylic acids is 1. The molecule has 0 aromatic heterocycles. The first-order valence-corrected chi connectivity index (χ1v) is 7.61. The predicted octanol–water partition coefficient (Wildman–Crippen LogP) is 2.49. The minimum absolute atomic E-state index is 0.159. The van der Waals surface area contributed by atoms with Crippen molar-refractivity contribution in [2.75, 3.05) is 0 Å². The summed E-state index contributed by atoms with van der Waals surface area (Å²) >= 11 is 0. The highest BCUT2D eigenvalue weighted by atomic mass is 32.2. The van der Waals surface area contributed by atoms with Gasteiger partial charge in [0.1, 0.15) is 5.82 Å². The van der Waals surface area contributed by atoms with Gasteiger partial charge in [0.25, 0.3) is 0 Å². The van der Waals surface area contributed by atoms with Crippen LogP contribution >= 0.6 is 0 Å². The lowest BCUT2D eigenvalue weighted by atomic mass is 9.99. The zero-order valence-corrected chi connectivity index (χ0v) is 11.7. The second-order valence-electron chi connectivity index (χ2n) is 4.33. The average Bonchev–Trinajstić information content (AvgIpc) is 2.35. The molecule has 0 aliphatic heterocycles. The summed E-state index contributed by atoms with van der Waals surface area (Å²) in [5.41, 5.74) is 0. The van der Waals surface area contributed by atoms with Gasteiger partial charge in [-0.25, -0.2) is 12.8 Å². The Balaban J connectivity index is 3.28. The summed E-state index contributed by atoms with van der Waals surface area (Å²) in [5.74, 6) is -2.39. The normalized spacial score (nSPS) is 13.5. The first-order chi connectivity index (χ1) is 8.84. The van der Waals surface area contributed by atoms with E-state index in [4.69, 9.17) is 0 Å². The fraction of sp³-hybridized carbons (Fsp3) is 0.462. The molecule has 19 heavy (non-hydrogen) atoms. The van der Waals surface area contributed by atoms with Crippen LogP contribution in [0.1, 0.15) is 26.7 Å². The van der Waals surface area contributed by atoms with Crippen molar-refractivity contribution in [3.63, 3.8) is 0 Å². The summed E-state index contributed by atoms with van der Waals surface area (Å²) in [5, 5.41) is 7.71. The first kappa shape index (κ1) is 15.6. The summed E-state index contributed by atoms with van der Waals surface area (Å²) in [7, 11) is -4.01. The van der Waals surface area contributed by atoms with E-state index in [0.717, 1.165) is 24.3 Å². The van der Waals surface area contributed by atoms with Crippen LogP contribution < -0.4 is 0 Å². The standard InChI is InChI=1S/C13H17FO4S/c1-3-9(4-2)12(13(15)16)19(17,18)11-7-5-10(14)6-8-11/h5-9,12H,3-4H2,1-2H3,(H,15,16). The van der Waals surface area contributed by atoms with Gasteiger partial charge < -0.3 is 5.11 Å². The van der Waals surface area contributed by atoms with Gasteiger partial charge in [0.15, 0.2) is 15.1 Å². The van der Waals surface area contributed by atoms with E-state index < -0.39 is 32.8 Å². The fourth-order valence-electron chi connectivity index (χ4n) is 2.08. The van der Waals surface area contributed by atoms with E-state index in [9.17, 15) is 22.7 Å². The van der Waals surface area contributed by atoms with E-state index in [2.05, 4.69) is 0 Å². The van der Waals surface area contributed by atoms with Gasteiger partial charge in [-0.05, 0) is 30.2 Å². The molecule has 0 spiro atoms. The Hall–Kier alpha value is -1.43. The van der Waals surface area contributed by atoms with Crippen LogP contribution in [0.15, 0.2) is 29.2 Å². The zero-order valence-electron chi connectivity index (χ0n) is 10.8. The van der Waals surface area contributed by atoms with E-state index in [1.54, 1.807) is 13.8 Å². The third kappa shape index (κ3) is 3.32. The topological polar surface area (TPSA) is 71.4 Å². The lowest BCUT2D eigenvalue weighted by molar-refractivity contribution is -0.137. The SMILES string of the molecule is CCC(CC)C(C(=O)O)S(=O)(=O)c1ccc(F)cc1. The van der Waals surface area contributed by atoms with Crippen LogP contribution in [0.4, 0.5) is 4.39 Å². The summed E-state index contributed by atoms with van der Waals surface area (Å²) in [6.07, 6.45) is 0.905. The van der Waals surface area contributed by atoms with E-state index in [-0.39, 0.29) is 4.90 Å². The minimum atomic E-state index is -4.01. The van der Waals surface area contributed by atoms with Crippen molar-refractivity contribution in [1.29, 1.82) is 0 Å². The molecule has 0 amide bonds. The van der Waals surface area contributed by atoms with Gasteiger partial charge in [-0.1, -0.05) is 26.7 Å². The van der Waals surface area contributed by atoms with Gasteiger partial charge in [0, 0.05) is 0 Å². The van der Waals surface area contributed by atoms with Crippen molar-refractivity contribution in [2.24, 2.45) is 5.92 Å². The van der Waals surface area contributed by atoms with Gasteiger partial charge in [-0.3, -0.25) is 4.79 Å². The molecule has 0 saturated heterocycles. The van der Waals surface area contributed by atoms with Crippen molar-refractivity contribution < 1.29 is 22.7 Å². The molecule has 0 saturated carbocycles. The Morgan fingerprint density at radius 1 is 1.21 bits per heavy atom. The molecule has 106 valence electrons. The Bertz CT molecular complexity index is 532. The first-order valence-electron chi connectivity index (χ1n) is 6.06. The molecule has 6 heteroatoms. The van der Waals surface area contributed by atoms with Crippen molar-refractivity contribution in [3.8, 4) is 0 Å². The van der Waals surface area contributed by atoms with E-state index in [0.29, 0.717) is 12.8 Å². The third-order valence-corrected chi connectivity index (χ3v) is 5.38. The number of hydrogen-bond acceptors (Lipinski definition) is 3. The second-order valence-corrected chi connectivity index (χ2v) is 6.40. The average molecular weight is 288 g/mol. The molecule has 0 bridgehead atoms. The van der Waals surface area contributed by atoms with Crippen LogP contribution in [0.3, 0.4) is 0 Å². The van der Waals surface area contributed by atoms with Crippen LogP contribution in [0.2, 0.25) is 0 Å². The summed E-state index contributed by atoms with van der Waals surface area (Å²) in [4.78, 5) is 11.1. The molecule has 1 N–H and O–H groups in total.